The number of hydrogen-bond donors (Lipinski definition) is 3. The highest BCUT2D eigenvalue weighted by molar-refractivity contribution is 7.89. The fraction of sp³-hybridized carbons (Fsp3) is 0.750. The van der Waals surface area contributed by atoms with Crippen LogP contribution < -0.4 is 10.5 Å². The standard InChI is InChI=1S/C8H16N2O5S/c1-5(2)7(8(9)13)10-16(14,15)4-3-6(11)12/h5,7,10H,3-4H2,1-2H3,(H2,9,13)(H,11,12). The predicted octanol–water partition coefficient (Wildman–Crippen LogP) is -1.11. The largest absolute Gasteiger partial charge is 0.481 e. The molecule has 4 N–H and O–H groups in total. The van der Waals surface area contributed by atoms with Crippen molar-refractivity contribution in [1.29, 1.82) is 0 Å². The molecule has 0 heterocycles. The smallest absolute Gasteiger partial charge is 0.304 e. The zero-order valence-electron chi connectivity index (χ0n) is 9.13. The second-order valence-corrected chi connectivity index (χ2v) is 5.58. The molecule has 0 bridgehead atoms. The molecule has 0 aromatic rings. The zero-order chi connectivity index (χ0) is 12.9. The van der Waals surface area contributed by atoms with Crippen LogP contribution >= 0.6 is 0 Å². The summed E-state index contributed by atoms with van der Waals surface area (Å²) in [5.41, 5.74) is 5.02. The fourth-order valence-electron chi connectivity index (χ4n) is 0.997. The third-order valence-corrected chi connectivity index (χ3v) is 3.22. The molecular formula is C8H16N2O5S. The minimum absolute atomic E-state index is 0.294. The Morgan fingerprint density at radius 3 is 2.19 bits per heavy atom. The number of hydrogen-bond acceptors (Lipinski definition) is 4. The van der Waals surface area contributed by atoms with Gasteiger partial charge in [-0.15, -0.1) is 0 Å². The lowest BCUT2D eigenvalue weighted by Gasteiger charge is -2.18. The summed E-state index contributed by atoms with van der Waals surface area (Å²) < 4.78 is 24.8. The summed E-state index contributed by atoms with van der Waals surface area (Å²) >= 11 is 0. The summed E-state index contributed by atoms with van der Waals surface area (Å²) in [6, 6.07) is -1.02. The molecule has 16 heavy (non-hydrogen) atoms. The molecule has 0 aromatic carbocycles. The van der Waals surface area contributed by atoms with Crippen LogP contribution in [-0.4, -0.2) is 37.2 Å². The summed E-state index contributed by atoms with van der Waals surface area (Å²) in [7, 11) is -3.80. The van der Waals surface area contributed by atoms with Crippen molar-refractivity contribution in [2.75, 3.05) is 5.75 Å². The van der Waals surface area contributed by atoms with E-state index in [4.69, 9.17) is 10.8 Å². The average Bonchev–Trinajstić information content (AvgIpc) is 2.10. The molecule has 0 rings (SSSR count). The first-order valence-electron chi connectivity index (χ1n) is 4.67. The van der Waals surface area contributed by atoms with Gasteiger partial charge >= 0.3 is 5.97 Å². The number of primary amides is 1. The van der Waals surface area contributed by atoms with E-state index < -0.39 is 40.1 Å². The molecule has 0 radical (unpaired) electrons. The molecule has 1 amide bonds. The van der Waals surface area contributed by atoms with Gasteiger partial charge in [-0.1, -0.05) is 13.8 Å². The van der Waals surface area contributed by atoms with Gasteiger partial charge in [0.15, 0.2) is 0 Å². The number of nitrogens with two attached hydrogens (primary N) is 1. The van der Waals surface area contributed by atoms with Gasteiger partial charge in [0.1, 0.15) is 6.04 Å². The van der Waals surface area contributed by atoms with Crippen molar-refractivity contribution >= 4 is 21.9 Å². The maximum atomic E-state index is 11.4. The zero-order valence-corrected chi connectivity index (χ0v) is 9.95. The Morgan fingerprint density at radius 1 is 1.38 bits per heavy atom. The first kappa shape index (κ1) is 14.8. The Bertz CT molecular complexity index is 363. The highest BCUT2D eigenvalue weighted by Gasteiger charge is 2.25. The van der Waals surface area contributed by atoms with Crippen LogP contribution in [0.15, 0.2) is 0 Å². The van der Waals surface area contributed by atoms with Crippen LogP contribution in [0.1, 0.15) is 20.3 Å². The quantitative estimate of drug-likeness (QED) is 0.529. The summed E-state index contributed by atoms with van der Waals surface area (Å²) in [6.07, 6.45) is -0.515. The predicted molar refractivity (Wildman–Crippen MR) is 57.0 cm³/mol. The number of rotatable bonds is 7. The second kappa shape index (κ2) is 5.80. The van der Waals surface area contributed by atoms with Crippen molar-refractivity contribution in [3.63, 3.8) is 0 Å². The van der Waals surface area contributed by atoms with E-state index in [1.807, 2.05) is 0 Å². The van der Waals surface area contributed by atoms with Crippen LogP contribution in [0.5, 0.6) is 0 Å². The molecule has 8 heteroatoms. The normalized spacial score (nSPS) is 13.7. The SMILES string of the molecule is CC(C)C(NS(=O)(=O)CCC(=O)O)C(N)=O. The van der Waals surface area contributed by atoms with Gasteiger partial charge in [0.25, 0.3) is 0 Å². The Kier molecular flexibility index (Phi) is 5.39. The van der Waals surface area contributed by atoms with Gasteiger partial charge in [-0.25, -0.2) is 13.1 Å². The first-order valence-corrected chi connectivity index (χ1v) is 6.32. The monoisotopic (exact) mass is 252 g/mol. The van der Waals surface area contributed by atoms with Gasteiger partial charge in [-0.2, -0.15) is 0 Å². The number of carbonyl (C=O) groups is 2. The molecule has 94 valence electrons. The molecule has 1 unspecified atom stereocenters. The number of carbonyl (C=O) groups excluding carboxylic acids is 1. The van der Waals surface area contributed by atoms with E-state index in [0.717, 1.165) is 0 Å². The average molecular weight is 252 g/mol. The van der Waals surface area contributed by atoms with Gasteiger partial charge in [0, 0.05) is 0 Å². The molecule has 0 spiro atoms. The van der Waals surface area contributed by atoms with Gasteiger partial charge in [-0.05, 0) is 5.92 Å². The lowest BCUT2D eigenvalue weighted by atomic mass is 10.1. The van der Waals surface area contributed by atoms with Crippen molar-refractivity contribution in [3.8, 4) is 0 Å². The summed E-state index contributed by atoms with van der Waals surface area (Å²) in [4.78, 5) is 21.2. The van der Waals surface area contributed by atoms with Crippen LogP contribution in [0.2, 0.25) is 0 Å². The number of carboxylic acids is 1. The first-order chi connectivity index (χ1) is 7.15. The van der Waals surface area contributed by atoms with Gasteiger partial charge in [0.05, 0.1) is 12.2 Å². The van der Waals surface area contributed by atoms with E-state index in [1.165, 1.54) is 0 Å². The number of nitrogens with one attached hydrogen (secondary N) is 1. The van der Waals surface area contributed by atoms with Crippen LogP contribution in [0, 0.1) is 5.92 Å². The van der Waals surface area contributed by atoms with E-state index >= 15 is 0 Å². The van der Waals surface area contributed by atoms with Crippen molar-refractivity contribution in [2.45, 2.75) is 26.3 Å². The van der Waals surface area contributed by atoms with E-state index in [-0.39, 0.29) is 5.92 Å². The molecule has 0 saturated carbocycles. The van der Waals surface area contributed by atoms with Gasteiger partial charge in [0.2, 0.25) is 15.9 Å². The molecule has 0 aliphatic heterocycles. The molecule has 0 fully saturated rings. The van der Waals surface area contributed by atoms with E-state index in [2.05, 4.69) is 4.72 Å². The Labute approximate surface area is 94.1 Å². The van der Waals surface area contributed by atoms with Gasteiger partial charge in [-0.3, -0.25) is 9.59 Å². The van der Waals surface area contributed by atoms with Crippen molar-refractivity contribution in [2.24, 2.45) is 11.7 Å². The lowest BCUT2D eigenvalue weighted by molar-refractivity contribution is -0.136. The molecule has 0 aliphatic rings. The topological polar surface area (TPSA) is 127 Å². The van der Waals surface area contributed by atoms with E-state index in [9.17, 15) is 18.0 Å². The molecule has 0 aromatic heterocycles. The van der Waals surface area contributed by atoms with Crippen LogP contribution in [0.4, 0.5) is 0 Å². The highest BCUT2D eigenvalue weighted by Crippen LogP contribution is 2.03. The lowest BCUT2D eigenvalue weighted by Crippen LogP contribution is -2.48. The van der Waals surface area contributed by atoms with Crippen molar-refractivity contribution in [3.05, 3.63) is 0 Å². The van der Waals surface area contributed by atoms with Crippen molar-refractivity contribution < 1.29 is 23.1 Å². The fourth-order valence-corrected chi connectivity index (χ4v) is 2.33. The van der Waals surface area contributed by atoms with Gasteiger partial charge < -0.3 is 10.8 Å². The molecular weight excluding hydrogens is 236 g/mol. The third kappa shape index (κ3) is 5.66. The van der Waals surface area contributed by atoms with Crippen LogP contribution in [-0.2, 0) is 19.6 Å². The van der Waals surface area contributed by atoms with Crippen LogP contribution in [0.25, 0.3) is 0 Å². The Morgan fingerprint density at radius 2 is 1.88 bits per heavy atom. The van der Waals surface area contributed by atoms with E-state index in [1.54, 1.807) is 13.8 Å². The summed E-state index contributed by atoms with van der Waals surface area (Å²) in [5, 5.41) is 8.35. The Hall–Kier alpha value is -1.15. The number of carboxylic acid groups (broad SMARTS) is 1. The Balaban J connectivity index is 4.55. The summed E-state index contributed by atoms with van der Waals surface area (Å²) in [5.74, 6) is -2.87. The van der Waals surface area contributed by atoms with E-state index in [0.29, 0.717) is 0 Å². The van der Waals surface area contributed by atoms with Crippen LogP contribution in [0.3, 0.4) is 0 Å². The minimum atomic E-state index is -3.80. The maximum Gasteiger partial charge on any atom is 0.304 e. The molecule has 0 saturated heterocycles. The highest BCUT2D eigenvalue weighted by atomic mass is 32.2. The molecule has 0 aliphatic carbocycles. The maximum absolute atomic E-state index is 11.4. The summed E-state index contributed by atoms with van der Waals surface area (Å²) in [6.45, 7) is 3.27. The second-order valence-electron chi connectivity index (χ2n) is 3.70. The third-order valence-electron chi connectivity index (χ3n) is 1.86. The number of sulfonamides is 1. The molecule has 1 atom stereocenters. The molecule has 7 nitrogen and oxygen atoms in total. The minimum Gasteiger partial charge on any atom is -0.481 e. The number of aliphatic carboxylic acids is 1. The van der Waals surface area contributed by atoms with Crippen molar-refractivity contribution in [1.82, 2.24) is 4.72 Å². The number of amides is 1.